The normalized spacial score (nSPS) is 11.3. The van der Waals surface area contributed by atoms with Crippen LogP contribution in [-0.2, 0) is 4.79 Å². The molecule has 0 heterocycles. The summed E-state index contributed by atoms with van der Waals surface area (Å²) in [6, 6.07) is 11.7. The summed E-state index contributed by atoms with van der Waals surface area (Å²) >= 11 is 0.827. The number of nitrogens with zero attached hydrogens (tertiary/aromatic N) is 1. The van der Waals surface area contributed by atoms with Crippen LogP contribution in [0.15, 0.2) is 58.6 Å². The van der Waals surface area contributed by atoms with E-state index in [1.807, 2.05) is 0 Å². The molecule has 0 unspecified atom stereocenters. The molecule has 3 amide bonds. The molecule has 0 saturated heterocycles. The van der Waals surface area contributed by atoms with Gasteiger partial charge in [0.1, 0.15) is 11.7 Å². The van der Waals surface area contributed by atoms with Crippen LogP contribution in [-0.4, -0.2) is 23.1 Å². The van der Waals surface area contributed by atoms with Crippen LogP contribution < -0.4 is 16.4 Å². The van der Waals surface area contributed by atoms with Crippen molar-refractivity contribution in [2.45, 2.75) is 17.9 Å². The van der Waals surface area contributed by atoms with Gasteiger partial charge in [-0.3, -0.25) is 14.4 Å². The zero-order chi connectivity index (χ0) is 19.1. The highest BCUT2D eigenvalue weighted by molar-refractivity contribution is 8.14. The van der Waals surface area contributed by atoms with Gasteiger partial charge < -0.3 is 16.4 Å². The molecule has 2 aromatic rings. The van der Waals surface area contributed by atoms with Crippen LogP contribution in [0.25, 0.3) is 0 Å². The molecule has 0 aliphatic carbocycles. The first kappa shape index (κ1) is 19.1. The van der Waals surface area contributed by atoms with Crippen molar-refractivity contribution in [2.75, 3.05) is 5.32 Å². The Balaban J connectivity index is 2.08. The third-order valence-electron chi connectivity index (χ3n) is 3.33. The Labute approximate surface area is 153 Å². The Kier molecular flexibility index (Phi) is 6.45. The average Bonchev–Trinajstić information content (AvgIpc) is 2.62. The predicted molar refractivity (Wildman–Crippen MR) is 99.3 cm³/mol. The van der Waals surface area contributed by atoms with Crippen LogP contribution in [0.4, 0.5) is 16.2 Å². The lowest BCUT2D eigenvalue weighted by Gasteiger charge is -2.12. The summed E-state index contributed by atoms with van der Waals surface area (Å²) in [5.41, 5.74) is 6.13. The molecule has 0 saturated carbocycles. The van der Waals surface area contributed by atoms with Gasteiger partial charge in [0.2, 0.25) is 5.91 Å². The lowest BCUT2D eigenvalue weighted by Crippen LogP contribution is -2.42. The van der Waals surface area contributed by atoms with Crippen molar-refractivity contribution in [3.63, 3.8) is 0 Å². The highest BCUT2D eigenvalue weighted by Gasteiger charge is 2.18. The van der Waals surface area contributed by atoms with E-state index in [0.717, 1.165) is 11.8 Å². The maximum atomic E-state index is 12.3. The van der Waals surface area contributed by atoms with Gasteiger partial charge in [0.05, 0.1) is 5.56 Å². The molecule has 134 valence electrons. The van der Waals surface area contributed by atoms with E-state index in [2.05, 4.69) is 15.8 Å². The summed E-state index contributed by atoms with van der Waals surface area (Å²) in [5, 5.41) is 7.48. The number of hydrogen-bond acceptors (Lipinski definition) is 6. The van der Waals surface area contributed by atoms with Crippen LogP contribution in [0.3, 0.4) is 0 Å². The van der Waals surface area contributed by atoms with Crippen LogP contribution in [0.2, 0.25) is 0 Å². The van der Waals surface area contributed by atoms with Crippen LogP contribution in [0, 0.1) is 4.91 Å². The second-order valence-electron chi connectivity index (χ2n) is 5.25. The summed E-state index contributed by atoms with van der Waals surface area (Å²) in [6.45, 7) is 1.47. The first-order chi connectivity index (χ1) is 12.4. The Hall–Kier alpha value is -3.20. The van der Waals surface area contributed by atoms with E-state index in [1.54, 1.807) is 36.4 Å². The smallest absolute Gasteiger partial charge is 0.288 e. The van der Waals surface area contributed by atoms with E-state index in [-0.39, 0.29) is 11.3 Å². The minimum atomic E-state index is -0.834. The van der Waals surface area contributed by atoms with Gasteiger partial charge in [-0.25, -0.2) is 0 Å². The first-order valence-electron chi connectivity index (χ1n) is 7.52. The number of nitroso groups, excluding NO2 is 1. The quantitative estimate of drug-likeness (QED) is 0.530. The Morgan fingerprint density at radius 2 is 1.73 bits per heavy atom. The third kappa shape index (κ3) is 5.15. The molecule has 0 aliphatic rings. The van der Waals surface area contributed by atoms with E-state index in [9.17, 15) is 19.3 Å². The van der Waals surface area contributed by atoms with E-state index in [4.69, 9.17) is 5.73 Å². The number of benzene rings is 2. The number of hydrogen-bond donors (Lipinski definition) is 3. The molecular weight excluding hydrogens is 356 g/mol. The molecule has 0 fully saturated rings. The number of primary amides is 1. The topological polar surface area (TPSA) is 131 Å². The molecule has 0 spiro atoms. The summed E-state index contributed by atoms with van der Waals surface area (Å²) in [6.07, 6.45) is 0. The number of amides is 3. The highest BCUT2D eigenvalue weighted by atomic mass is 32.2. The number of anilines is 1. The molecule has 1 atom stereocenters. The lowest BCUT2D eigenvalue weighted by atomic mass is 10.2. The molecule has 8 nitrogen and oxygen atoms in total. The minimum absolute atomic E-state index is 0.251. The number of carbonyl (C=O) groups excluding carboxylic acids is 3. The standard InChI is InChI=1S/C17H16N4O4S/c1-10(15(18)22)19-16(23)13-4-2-3-5-14(13)26-17(24)20-11-6-8-12(21-25)9-7-11/h2-10H,1H3,(H2,18,22)(H,19,23)(H,20,24)/t10-/m1/s1. The van der Waals surface area contributed by atoms with Gasteiger partial charge in [0.25, 0.3) is 11.1 Å². The van der Waals surface area contributed by atoms with Crippen molar-refractivity contribution in [3.05, 3.63) is 59.0 Å². The Morgan fingerprint density at radius 3 is 2.35 bits per heavy atom. The summed E-state index contributed by atoms with van der Waals surface area (Å²) < 4.78 is 0. The molecule has 2 rings (SSSR count). The molecule has 0 radical (unpaired) electrons. The minimum Gasteiger partial charge on any atom is -0.368 e. The summed E-state index contributed by atoms with van der Waals surface area (Å²) in [5.74, 6) is -1.16. The van der Waals surface area contributed by atoms with Crippen molar-refractivity contribution in [1.82, 2.24) is 5.32 Å². The number of rotatable bonds is 6. The van der Waals surface area contributed by atoms with Crippen molar-refractivity contribution >= 4 is 40.2 Å². The fraction of sp³-hybridized carbons (Fsp3) is 0.118. The molecule has 9 heteroatoms. The van der Waals surface area contributed by atoms with Gasteiger partial charge in [-0.2, -0.15) is 0 Å². The summed E-state index contributed by atoms with van der Waals surface area (Å²) in [4.78, 5) is 46.4. The van der Waals surface area contributed by atoms with E-state index in [1.165, 1.54) is 19.1 Å². The van der Waals surface area contributed by atoms with Gasteiger partial charge in [-0.15, -0.1) is 4.91 Å². The van der Waals surface area contributed by atoms with Crippen LogP contribution in [0.5, 0.6) is 0 Å². The molecular formula is C17H16N4O4S. The lowest BCUT2D eigenvalue weighted by molar-refractivity contribution is -0.119. The molecule has 2 aromatic carbocycles. The Bertz CT molecular complexity index is 839. The van der Waals surface area contributed by atoms with Gasteiger partial charge in [-0.1, -0.05) is 12.1 Å². The zero-order valence-corrected chi connectivity index (χ0v) is 14.6. The zero-order valence-electron chi connectivity index (χ0n) is 13.8. The second kappa shape index (κ2) is 8.77. The van der Waals surface area contributed by atoms with Crippen LogP contribution in [0.1, 0.15) is 17.3 Å². The van der Waals surface area contributed by atoms with Gasteiger partial charge in [0, 0.05) is 10.6 Å². The van der Waals surface area contributed by atoms with E-state index in [0.29, 0.717) is 10.6 Å². The monoisotopic (exact) mass is 372 g/mol. The number of nitrogens with two attached hydrogens (primary N) is 1. The predicted octanol–water partition coefficient (Wildman–Crippen LogP) is 3.01. The van der Waals surface area contributed by atoms with Crippen LogP contribution >= 0.6 is 11.8 Å². The SMILES string of the molecule is C[C@@H](NC(=O)c1ccccc1SC(=O)Nc1ccc(N=O)cc1)C(N)=O. The van der Waals surface area contributed by atoms with Gasteiger partial charge in [0.15, 0.2) is 0 Å². The largest absolute Gasteiger partial charge is 0.368 e. The van der Waals surface area contributed by atoms with Gasteiger partial charge >= 0.3 is 0 Å². The fourth-order valence-corrected chi connectivity index (χ4v) is 2.72. The second-order valence-corrected chi connectivity index (χ2v) is 6.26. The summed E-state index contributed by atoms with van der Waals surface area (Å²) in [7, 11) is 0. The van der Waals surface area contributed by atoms with Crippen molar-refractivity contribution in [3.8, 4) is 0 Å². The highest BCUT2D eigenvalue weighted by Crippen LogP contribution is 2.25. The van der Waals surface area contributed by atoms with Crippen molar-refractivity contribution in [2.24, 2.45) is 10.9 Å². The molecule has 26 heavy (non-hydrogen) atoms. The fourth-order valence-electron chi connectivity index (χ4n) is 1.94. The first-order valence-corrected chi connectivity index (χ1v) is 8.34. The number of carbonyl (C=O) groups is 3. The number of nitrogens with one attached hydrogen (secondary N) is 2. The van der Waals surface area contributed by atoms with Crippen molar-refractivity contribution in [1.29, 1.82) is 0 Å². The molecule has 0 bridgehead atoms. The van der Waals surface area contributed by atoms with E-state index >= 15 is 0 Å². The molecule has 0 aromatic heterocycles. The maximum absolute atomic E-state index is 12.3. The average molecular weight is 372 g/mol. The third-order valence-corrected chi connectivity index (χ3v) is 4.19. The molecule has 4 N–H and O–H groups in total. The van der Waals surface area contributed by atoms with Gasteiger partial charge in [-0.05, 0) is 60.3 Å². The van der Waals surface area contributed by atoms with E-state index < -0.39 is 23.1 Å². The van der Waals surface area contributed by atoms with Crippen molar-refractivity contribution < 1.29 is 14.4 Å². The number of thioether (sulfide) groups is 1. The Morgan fingerprint density at radius 1 is 1.08 bits per heavy atom. The maximum Gasteiger partial charge on any atom is 0.288 e. The molecule has 0 aliphatic heterocycles.